The Hall–Kier alpha value is -1.30. The van der Waals surface area contributed by atoms with E-state index >= 15 is 0 Å². The molecule has 2 rings (SSSR count). The van der Waals surface area contributed by atoms with Gasteiger partial charge in [0.05, 0.1) is 17.3 Å². The number of carbonyl (C=O) groups excluding carboxylic acids is 2. The van der Waals surface area contributed by atoms with E-state index in [1.165, 1.54) is 0 Å². The van der Waals surface area contributed by atoms with Crippen LogP contribution in [0.15, 0.2) is 18.2 Å². The largest absolute Gasteiger partial charge is 0.383 e. The van der Waals surface area contributed by atoms with Crippen molar-refractivity contribution in [2.24, 2.45) is 11.8 Å². The summed E-state index contributed by atoms with van der Waals surface area (Å²) in [5.74, 6) is -0.162. The summed E-state index contributed by atoms with van der Waals surface area (Å²) in [6, 6.07) is 4.96. The number of carbonyl (C=O) groups is 2. The van der Waals surface area contributed by atoms with Gasteiger partial charge in [0.25, 0.3) is 0 Å². The zero-order valence-corrected chi connectivity index (χ0v) is 15.1. The maximum Gasteiger partial charge on any atom is 0.227 e. The van der Waals surface area contributed by atoms with Crippen LogP contribution in [0, 0.1) is 11.8 Å². The van der Waals surface area contributed by atoms with Crippen LogP contribution in [0.2, 0.25) is 10.0 Å². The maximum absolute atomic E-state index is 12.4. The van der Waals surface area contributed by atoms with Crippen LogP contribution >= 0.6 is 23.2 Å². The van der Waals surface area contributed by atoms with E-state index < -0.39 is 0 Å². The smallest absolute Gasteiger partial charge is 0.227 e. The lowest BCUT2D eigenvalue weighted by Crippen LogP contribution is -2.36. The van der Waals surface area contributed by atoms with Gasteiger partial charge in [0.2, 0.25) is 11.8 Å². The summed E-state index contributed by atoms with van der Waals surface area (Å²) in [5.41, 5.74) is 0.522. The van der Waals surface area contributed by atoms with Crippen LogP contribution in [0.4, 0.5) is 5.69 Å². The number of anilines is 1. The molecule has 132 valence electrons. The lowest BCUT2D eigenvalue weighted by Gasteiger charge is -2.27. The van der Waals surface area contributed by atoms with Crippen molar-refractivity contribution in [1.82, 2.24) is 5.32 Å². The number of hydrogen-bond donors (Lipinski definition) is 2. The third-order valence-electron chi connectivity index (χ3n) is 4.26. The highest BCUT2D eigenvalue weighted by Gasteiger charge is 2.30. The molecule has 2 N–H and O–H groups in total. The molecule has 1 saturated carbocycles. The van der Waals surface area contributed by atoms with Crippen LogP contribution < -0.4 is 10.6 Å². The van der Waals surface area contributed by atoms with Crippen molar-refractivity contribution in [2.75, 3.05) is 25.6 Å². The maximum atomic E-state index is 12.4. The van der Waals surface area contributed by atoms with Gasteiger partial charge in [0, 0.05) is 30.5 Å². The molecule has 24 heavy (non-hydrogen) atoms. The lowest BCUT2D eigenvalue weighted by molar-refractivity contribution is -0.128. The molecule has 7 heteroatoms. The fourth-order valence-electron chi connectivity index (χ4n) is 2.87. The highest BCUT2D eigenvalue weighted by Crippen LogP contribution is 2.31. The van der Waals surface area contributed by atoms with Crippen molar-refractivity contribution in [1.29, 1.82) is 0 Å². The monoisotopic (exact) mass is 372 g/mol. The van der Waals surface area contributed by atoms with E-state index in [1.807, 2.05) is 0 Å². The van der Waals surface area contributed by atoms with E-state index in [2.05, 4.69) is 10.6 Å². The average molecular weight is 373 g/mol. The van der Waals surface area contributed by atoms with Gasteiger partial charge in [-0.3, -0.25) is 9.59 Å². The Morgan fingerprint density at radius 1 is 1.12 bits per heavy atom. The van der Waals surface area contributed by atoms with Crippen molar-refractivity contribution in [3.63, 3.8) is 0 Å². The number of ether oxygens (including phenoxy) is 1. The van der Waals surface area contributed by atoms with Gasteiger partial charge in [0.15, 0.2) is 0 Å². The third-order valence-corrected chi connectivity index (χ3v) is 4.83. The minimum absolute atomic E-state index is 0.0272. The van der Waals surface area contributed by atoms with Gasteiger partial charge in [-0.05, 0) is 43.9 Å². The normalized spacial score (nSPS) is 20.5. The Morgan fingerprint density at radius 2 is 1.75 bits per heavy atom. The third kappa shape index (κ3) is 5.36. The summed E-state index contributed by atoms with van der Waals surface area (Å²) in [7, 11) is 1.60. The molecule has 0 heterocycles. The molecule has 0 radical (unpaired) electrons. The molecular weight excluding hydrogens is 351 g/mol. The minimum atomic E-state index is -0.108. The predicted octanol–water partition coefficient (Wildman–Crippen LogP) is 3.50. The molecule has 0 saturated heterocycles. The Kier molecular flexibility index (Phi) is 7.34. The predicted molar refractivity (Wildman–Crippen MR) is 95.4 cm³/mol. The first kappa shape index (κ1) is 19.0. The van der Waals surface area contributed by atoms with Gasteiger partial charge in [0.1, 0.15) is 0 Å². The van der Waals surface area contributed by atoms with Gasteiger partial charge in [-0.2, -0.15) is 0 Å². The number of hydrogen-bond acceptors (Lipinski definition) is 3. The van der Waals surface area contributed by atoms with Gasteiger partial charge in [-0.15, -0.1) is 0 Å². The molecular formula is C17H22Cl2N2O3. The fourth-order valence-corrected chi connectivity index (χ4v) is 3.20. The second kappa shape index (κ2) is 9.25. The van der Waals surface area contributed by atoms with E-state index in [9.17, 15) is 9.59 Å². The zero-order chi connectivity index (χ0) is 17.5. The lowest BCUT2D eigenvalue weighted by atomic mass is 9.81. The van der Waals surface area contributed by atoms with E-state index in [4.69, 9.17) is 27.9 Å². The van der Waals surface area contributed by atoms with Gasteiger partial charge in [-0.25, -0.2) is 0 Å². The molecule has 1 fully saturated rings. The average Bonchev–Trinajstić information content (AvgIpc) is 2.58. The van der Waals surface area contributed by atoms with E-state index in [0.717, 1.165) is 0 Å². The Morgan fingerprint density at radius 3 is 2.38 bits per heavy atom. The topological polar surface area (TPSA) is 67.4 Å². The van der Waals surface area contributed by atoms with Crippen molar-refractivity contribution in [3.8, 4) is 0 Å². The molecule has 0 aromatic heterocycles. The first-order valence-corrected chi connectivity index (χ1v) is 8.79. The van der Waals surface area contributed by atoms with Crippen molar-refractivity contribution in [2.45, 2.75) is 25.7 Å². The van der Waals surface area contributed by atoms with Crippen molar-refractivity contribution >= 4 is 40.7 Å². The molecule has 5 nitrogen and oxygen atoms in total. The summed E-state index contributed by atoms with van der Waals surface area (Å²) in [5, 5.41) is 6.67. The van der Waals surface area contributed by atoms with Crippen molar-refractivity contribution in [3.05, 3.63) is 28.2 Å². The second-order valence-corrected chi connectivity index (χ2v) is 6.79. The Labute approximate surface area is 152 Å². The SMILES string of the molecule is COCCNC(=O)C1CCC(C(=O)Nc2cc(Cl)ccc2Cl)CC1. The summed E-state index contributed by atoms with van der Waals surface area (Å²) in [4.78, 5) is 24.4. The summed E-state index contributed by atoms with van der Waals surface area (Å²) < 4.78 is 4.91. The van der Waals surface area contributed by atoms with Crippen LogP contribution in [0.25, 0.3) is 0 Å². The van der Waals surface area contributed by atoms with E-state index in [-0.39, 0.29) is 23.7 Å². The quantitative estimate of drug-likeness (QED) is 0.750. The number of nitrogens with one attached hydrogen (secondary N) is 2. The van der Waals surface area contributed by atoms with Crippen LogP contribution in [0.3, 0.4) is 0 Å². The van der Waals surface area contributed by atoms with E-state index in [1.54, 1.807) is 25.3 Å². The highest BCUT2D eigenvalue weighted by atomic mass is 35.5. The summed E-state index contributed by atoms with van der Waals surface area (Å²) in [6.07, 6.45) is 2.79. The molecule has 0 aliphatic heterocycles. The van der Waals surface area contributed by atoms with Crippen LogP contribution in [-0.4, -0.2) is 32.1 Å². The summed E-state index contributed by atoms with van der Waals surface area (Å²) in [6.45, 7) is 1.02. The molecule has 1 aromatic rings. The van der Waals surface area contributed by atoms with Crippen LogP contribution in [0.1, 0.15) is 25.7 Å². The number of halogens is 2. The molecule has 0 bridgehead atoms. The molecule has 1 aliphatic carbocycles. The van der Waals surface area contributed by atoms with Gasteiger partial charge >= 0.3 is 0 Å². The number of rotatable bonds is 6. The second-order valence-electron chi connectivity index (χ2n) is 5.95. The van der Waals surface area contributed by atoms with Gasteiger partial charge in [-0.1, -0.05) is 23.2 Å². The number of methoxy groups -OCH3 is 1. The molecule has 0 unspecified atom stereocenters. The highest BCUT2D eigenvalue weighted by molar-refractivity contribution is 6.35. The molecule has 1 aliphatic rings. The molecule has 0 spiro atoms. The van der Waals surface area contributed by atoms with Crippen molar-refractivity contribution < 1.29 is 14.3 Å². The van der Waals surface area contributed by atoms with Crippen LogP contribution in [-0.2, 0) is 14.3 Å². The molecule has 2 amide bonds. The molecule has 1 aromatic carbocycles. The summed E-state index contributed by atoms with van der Waals surface area (Å²) >= 11 is 12.0. The fraction of sp³-hybridized carbons (Fsp3) is 0.529. The molecule has 0 atom stereocenters. The standard InChI is InChI=1S/C17H22Cl2N2O3/c1-24-9-8-20-16(22)11-2-4-12(5-3-11)17(23)21-15-10-13(18)6-7-14(15)19/h6-7,10-12H,2-5,8-9H2,1H3,(H,20,22)(H,21,23). The first-order valence-electron chi connectivity index (χ1n) is 8.04. The van der Waals surface area contributed by atoms with Gasteiger partial charge < -0.3 is 15.4 Å². The zero-order valence-electron chi connectivity index (χ0n) is 13.6. The minimum Gasteiger partial charge on any atom is -0.383 e. The number of amides is 2. The van der Waals surface area contributed by atoms with Crippen LogP contribution in [0.5, 0.6) is 0 Å². The number of benzene rings is 1. The first-order chi connectivity index (χ1) is 11.5. The Bertz CT molecular complexity index is 587. The van der Waals surface area contributed by atoms with E-state index in [0.29, 0.717) is 54.6 Å². The Balaban J connectivity index is 1.82.